The van der Waals surface area contributed by atoms with Gasteiger partial charge in [-0.2, -0.15) is 13.2 Å². The van der Waals surface area contributed by atoms with Crippen molar-refractivity contribution in [1.29, 1.82) is 0 Å². The van der Waals surface area contributed by atoms with E-state index in [1.165, 1.54) is 17.5 Å². The van der Waals surface area contributed by atoms with Crippen molar-refractivity contribution in [2.75, 3.05) is 0 Å². The smallest absolute Gasteiger partial charge is 0.418 e. The standard InChI is InChI=1S/C12H13F3O2S/c1-11(2,3)17-10(16)7-8(12(13,14)15)9-5-4-6-18-9/h4-7H,1-3H3/b8-7-. The summed E-state index contributed by atoms with van der Waals surface area (Å²) in [5.41, 5.74) is -1.80. The van der Waals surface area contributed by atoms with Crippen LogP contribution in [0.5, 0.6) is 0 Å². The molecule has 0 saturated heterocycles. The Morgan fingerprint density at radius 1 is 1.33 bits per heavy atom. The molecule has 0 aliphatic carbocycles. The third kappa shape index (κ3) is 4.52. The van der Waals surface area contributed by atoms with Gasteiger partial charge in [-0.1, -0.05) is 6.07 Å². The zero-order valence-electron chi connectivity index (χ0n) is 10.2. The molecular weight excluding hydrogens is 265 g/mol. The molecule has 0 aromatic carbocycles. The van der Waals surface area contributed by atoms with E-state index in [-0.39, 0.29) is 4.88 Å². The van der Waals surface area contributed by atoms with E-state index < -0.39 is 23.3 Å². The molecule has 0 radical (unpaired) electrons. The van der Waals surface area contributed by atoms with Crippen LogP contribution in [0.1, 0.15) is 25.6 Å². The second-order valence-corrected chi connectivity index (χ2v) is 5.51. The zero-order chi connectivity index (χ0) is 14.0. The maximum atomic E-state index is 12.8. The molecule has 0 fully saturated rings. The molecule has 18 heavy (non-hydrogen) atoms. The molecule has 0 saturated carbocycles. The van der Waals surface area contributed by atoms with Crippen LogP contribution in [0.4, 0.5) is 13.2 Å². The maximum Gasteiger partial charge on any atom is 0.418 e. The van der Waals surface area contributed by atoms with Gasteiger partial charge in [0.15, 0.2) is 0 Å². The summed E-state index contributed by atoms with van der Waals surface area (Å²) < 4.78 is 43.3. The Hall–Kier alpha value is -1.30. The molecule has 0 N–H and O–H groups in total. The Balaban J connectivity index is 3.02. The topological polar surface area (TPSA) is 26.3 Å². The Morgan fingerprint density at radius 2 is 1.94 bits per heavy atom. The lowest BCUT2D eigenvalue weighted by atomic mass is 10.2. The molecule has 2 nitrogen and oxygen atoms in total. The van der Waals surface area contributed by atoms with Gasteiger partial charge in [0.25, 0.3) is 0 Å². The van der Waals surface area contributed by atoms with Crippen LogP contribution in [0.3, 0.4) is 0 Å². The highest BCUT2D eigenvalue weighted by atomic mass is 32.1. The number of esters is 1. The van der Waals surface area contributed by atoms with Crippen molar-refractivity contribution in [2.45, 2.75) is 32.5 Å². The normalized spacial score (nSPS) is 13.6. The monoisotopic (exact) mass is 278 g/mol. The molecule has 0 aliphatic heterocycles. The van der Waals surface area contributed by atoms with Crippen molar-refractivity contribution in [3.63, 3.8) is 0 Å². The molecule has 100 valence electrons. The third-order valence-electron chi connectivity index (χ3n) is 1.76. The molecule has 0 atom stereocenters. The van der Waals surface area contributed by atoms with Gasteiger partial charge in [-0.3, -0.25) is 0 Å². The van der Waals surface area contributed by atoms with Gasteiger partial charge in [0.2, 0.25) is 0 Å². The first-order chi connectivity index (χ1) is 8.09. The second kappa shape index (κ2) is 5.14. The highest BCUT2D eigenvalue weighted by molar-refractivity contribution is 7.11. The fourth-order valence-corrected chi connectivity index (χ4v) is 1.94. The number of carbonyl (C=O) groups is 1. The minimum absolute atomic E-state index is 0.00615. The van der Waals surface area contributed by atoms with Crippen LogP contribution < -0.4 is 0 Å². The lowest BCUT2D eigenvalue weighted by molar-refractivity contribution is -0.148. The maximum absolute atomic E-state index is 12.8. The average molecular weight is 278 g/mol. The molecule has 0 amide bonds. The number of alkyl halides is 3. The molecular formula is C12H13F3O2S. The van der Waals surface area contributed by atoms with Crippen molar-refractivity contribution in [3.8, 4) is 0 Å². The van der Waals surface area contributed by atoms with Gasteiger partial charge >= 0.3 is 12.1 Å². The van der Waals surface area contributed by atoms with Gasteiger partial charge < -0.3 is 4.74 Å². The number of allylic oxidation sites excluding steroid dienone is 1. The quantitative estimate of drug-likeness (QED) is 0.603. The summed E-state index contributed by atoms with van der Waals surface area (Å²) in [5, 5.41) is 1.52. The van der Waals surface area contributed by atoms with Crippen LogP contribution >= 0.6 is 11.3 Å². The number of hydrogen-bond acceptors (Lipinski definition) is 3. The number of thiophene rings is 1. The van der Waals surface area contributed by atoms with Gasteiger partial charge in [0.1, 0.15) is 5.60 Å². The highest BCUT2D eigenvalue weighted by Crippen LogP contribution is 2.36. The summed E-state index contributed by atoms with van der Waals surface area (Å²) in [5.74, 6) is -0.997. The van der Waals surface area contributed by atoms with E-state index in [1.807, 2.05) is 0 Å². The molecule has 1 aromatic rings. The lowest BCUT2D eigenvalue weighted by Crippen LogP contribution is -2.23. The van der Waals surface area contributed by atoms with Crippen LogP contribution in [-0.2, 0) is 9.53 Å². The van der Waals surface area contributed by atoms with Gasteiger partial charge in [0.05, 0.1) is 5.57 Å². The molecule has 1 aromatic heterocycles. The van der Waals surface area contributed by atoms with E-state index in [1.54, 1.807) is 20.8 Å². The van der Waals surface area contributed by atoms with E-state index in [0.717, 1.165) is 11.3 Å². The largest absolute Gasteiger partial charge is 0.457 e. The SMILES string of the molecule is CC(C)(C)OC(=O)/C=C(/c1cccs1)C(F)(F)F. The number of ether oxygens (including phenoxy) is 1. The Morgan fingerprint density at radius 3 is 2.33 bits per heavy atom. The molecule has 0 spiro atoms. The first-order valence-corrected chi connectivity index (χ1v) is 6.03. The van der Waals surface area contributed by atoms with Crippen LogP contribution in [-0.4, -0.2) is 17.7 Å². The molecule has 1 rings (SSSR count). The van der Waals surface area contributed by atoms with Crippen LogP contribution in [0, 0.1) is 0 Å². The number of halogens is 3. The second-order valence-electron chi connectivity index (χ2n) is 4.57. The summed E-state index contributed by atoms with van der Waals surface area (Å²) in [4.78, 5) is 11.4. The summed E-state index contributed by atoms with van der Waals surface area (Å²) >= 11 is 0.922. The molecule has 6 heteroatoms. The molecule has 0 aliphatic rings. The van der Waals surface area contributed by atoms with Crippen molar-refractivity contribution in [3.05, 3.63) is 28.5 Å². The first-order valence-electron chi connectivity index (χ1n) is 5.15. The summed E-state index contributed by atoms with van der Waals surface area (Å²) in [6.45, 7) is 4.78. The van der Waals surface area contributed by atoms with Gasteiger partial charge in [-0.05, 0) is 32.2 Å². The van der Waals surface area contributed by atoms with E-state index in [2.05, 4.69) is 0 Å². The predicted octanol–water partition coefficient (Wildman–Crippen LogP) is 4.04. The summed E-state index contributed by atoms with van der Waals surface area (Å²) in [6.07, 6.45) is -4.08. The number of rotatable bonds is 2. The zero-order valence-corrected chi connectivity index (χ0v) is 11.0. The van der Waals surface area contributed by atoms with Crippen LogP contribution in [0.15, 0.2) is 23.6 Å². The van der Waals surface area contributed by atoms with Gasteiger partial charge in [0, 0.05) is 11.0 Å². The fourth-order valence-electron chi connectivity index (χ4n) is 1.17. The molecule has 1 heterocycles. The first kappa shape index (κ1) is 14.8. The van der Waals surface area contributed by atoms with Crippen LogP contribution in [0.2, 0.25) is 0 Å². The minimum Gasteiger partial charge on any atom is -0.457 e. The summed E-state index contributed by atoms with van der Waals surface area (Å²) in [6, 6.07) is 2.81. The van der Waals surface area contributed by atoms with Gasteiger partial charge in [-0.15, -0.1) is 11.3 Å². The van der Waals surface area contributed by atoms with Crippen molar-refractivity contribution >= 4 is 22.9 Å². The molecule has 0 bridgehead atoms. The van der Waals surface area contributed by atoms with E-state index in [9.17, 15) is 18.0 Å². The predicted molar refractivity (Wildman–Crippen MR) is 64.2 cm³/mol. The Kier molecular flexibility index (Phi) is 4.21. The fraction of sp³-hybridized carbons (Fsp3) is 0.417. The van der Waals surface area contributed by atoms with Crippen molar-refractivity contribution < 1.29 is 22.7 Å². The Bertz CT molecular complexity index is 439. The Labute approximate surface area is 107 Å². The van der Waals surface area contributed by atoms with Crippen molar-refractivity contribution in [1.82, 2.24) is 0 Å². The van der Waals surface area contributed by atoms with E-state index in [4.69, 9.17) is 4.74 Å². The van der Waals surface area contributed by atoms with Crippen molar-refractivity contribution in [2.24, 2.45) is 0 Å². The minimum atomic E-state index is -4.58. The van der Waals surface area contributed by atoms with Crippen LogP contribution in [0.25, 0.3) is 5.57 Å². The summed E-state index contributed by atoms with van der Waals surface area (Å²) in [7, 11) is 0. The molecule has 0 unspecified atom stereocenters. The number of carbonyl (C=O) groups excluding carboxylic acids is 1. The third-order valence-corrected chi connectivity index (χ3v) is 2.66. The van der Waals surface area contributed by atoms with Gasteiger partial charge in [-0.25, -0.2) is 4.79 Å². The van der Waals surface area contributed by atoms with E-state index >= 15 is 0 Å². The lowest BCUT2D eigenvalue weighted by Gasteiger charge is -2.19. The highest BCUT2D eigenvalue weighted by Gasteiger charge is 2.36. The van der Waals surface area contributed by atoms with E-state index in [0.29, 0.717) is 6.08 Å². The number of hydrogen-bond donors (Lipinski definition) is 0. The average Bonchev–Trinajstić information content (AvgIpc) is 2.61.